The largest absolute Gasteiger partial charge is 0.0620 e. The van der Waals surface area contributed by atoms with Crippen LogP contribution in [0.4, 0.5) is 0 Å². The SMILES string of the molecule is CC1C(C)C(C(C)(C)C)[C@@H](C)C1C. The zero-order chi connectivity index (χ0) is 10.4. The van der Waals surface area contributed by atoms with E-state index >= 15 is 0 Å². The Hall–Kier alpha value is 0. The van der Waals surface area contributed by atoms with Gasteiger partial charge in [-0.1, -0.05) is 48.5 Å². The first-order chi connectivity index (χ1) is 5.76. The van der Waals surface area contributed by atoms with Crippen LogP contribution in [0.1, 0.15) is 48.5 Å². The van der Waals surface area contributed by atoms with Gasteiger partial charge in [-0.3, -0.25) is 0 Å². The first-order valence-electron chi connectivity index (χ1n) is 5.76. The molecule has 0 N–H and O–H groups in total. The predicted octanol–water partition coefficient (Wildman–Crippen LogP) is 4.21. The molecule has 1 rings (SSSR count). The highest BCUT2D eigenvalue weighted by Gasteiger charge is 2.46. The highest BCUT2D eigenvalue weighted by Crippen LogP contribution is 2.52. The van der Waals surface area contributed by atoms with Crippen LogP contribution in [0.15, 0.2) is 0 Å². The van der Waals surface area contributed by atoms with Crippen molar-refractivity contribution in [1.29, 1.82) is 0 Å². The molecule has 5 atom stereocenters. The van der Waals surface area contributed by atoms with Gasteiger partial charge in [-0.05, 0) is 35.0 Å². The molecule has 0 aromatic carbocycles. The van der Waals surface area contributed by atoms with E-state index in [9.17, 15) is 0 Å². The second kappa shape index (κ2) is 3.29. The molecule has 0 radical (unpaired) electrons. The van der Waals surface area contributed by atoms with Crippen molar-refractivity contribution in [1.82, 2.24) is 0 Å². The maximum Gasteiger partial charge on any atom is -0.0309 e. The van der Waals surface area contributed by atoms with E-state index < -0.39 is 0 Å². The molecular weight excluding hydrogens is 156 g/mol. The van der Waals surface area contributed by atoms with Gasteiger partial charge >= 0.3 is 0 Å². The van der Waals surface area contributed by atoms with Crippen LogP contribution in [0.2, 0.25) is 0 Å². The molecular formula is C13H26. The molecule has 0 aliphatic heterocycles. The Morgan fingerprint density at radius 3 is 1.08 bits per heavy atom. The minimum Gasteiger partial charge on any atom is -0.0620 e. The average molecular weight is 182 g/mol. The summed E-state index contributed by atoms with van der Waals surface area (Å²) in [4.78, 5) is 0. The molecule has 0 aromatic rings. The molecule has 1 aliphatic carbocycles. The lowest BCUT2D eigenvalue weighted by molar-refractivity contribution is 0.142. The van der Waals surface area contributed by atoms with Crippen molar-refractivity contribution in [2.75, 3.05) is 0 Å². The van der Waals surface area contributed by atoms with Crippen molar-refractivity contribution in [2.45, 2.75) is 48.5 Å². The fourth-order valence-electron chi connectivity index (χ4n) is 3.67. The highest BCUT2D eigenvalue weighted by atomic mass is 14.5. The van der Waals surface area contributed by atoms with E-state index in [0.29, 0.717) is 5.41 Å². The van der Waals surface area contributed by atoms with Gasteiger partial charge in [-0.2, -0.15) is 0 Å². The molecule has 13 heavy (non-hydrogen) atoms. The summed E-state index contributed by atoms with van der Waals surface area (Å²) in [5.74, 6) is 4.49. The van der Waals surface area contributed by atoms with Crippen LogP contribution in [-0.2, 0) is 0 Å². The lowest BCUT2D eigenvalue weighted by Crippen LogP contribution is -2.28. The maximum absolute atomic E-state index is 2.45. The Morgan fingerprint density at radius 2 is 0.923 bits per heavy atom. The van der Waals surface area contributed by atoms with Gasteiger partial charge in [-0.25, -0.2) is 0 Å². The van der Waals surface area contributed by atoms with Gasteiger partial charge in [-0.15, -0.1) is 0 Å². The van der Waals surface area contributed by atoms with Gasteiger partial charge in [0, 0.05) is 0 Å². The summed E-state index contributed by atoms with van der Waals surface area (Å²) in [6.45, 7) is 16.9. The molecule has 0 nitrogen and oxygen atoms in total. The first kappa shape index (κ1) is 11.1. The maximum atomic E-state index is 2.45. The van der Waals surface area contributed by atoms with Crippen LogP contribution < -0.4 is 0 Å². The Kier molecular flexibility index (Phi) is 2.81. The first-order valence-corrected chi connectivity index (χ1v) is 5.76. The summed E-state index contributed by atoms with van der Waals surface area (Å²) in [6, 6.07) is 0. The summed E-state index contributed by atoms with van der Waals surface area (Å²) in [6.07, 6.45) is 0. The summed E-state index contributed by atoms with van der Waals surface area (Å²) < 4.78 is 0. The second-order valence-corrected chi connectivity index (χ2v) is 6.33. The average Bonchev–Trinajstić information content (AvgIpc) is 2.14. The lowest BCUT2D eigenvalue weighted by Gasteiger charge is -2.34. The third-order valence-corrected chi connectivity index (χ3v) is 4.62. The third-order valence-electron chi connectivity index (χ3n) is 4.62. The second-order valence-electron chi connectivity index (χ2n) is 6.33. The van der Waals surface area contributed by atoms with Crippen molar-refractivity contribution >= 4 is 0 Å². The van der Waals surface area contributed by atoms with E-state index in [4.69, 9.17) is 0 Å². The van der Waals surface area contributed by atoms with E-state index in [-0.39, 0.29) is 0 Å². The van der Waals surface area contributed by atoms with Crippen LogP contribution in [-0.4, -0.2) is 0 Å². The summed E-state index contributed by atoms with van der Waals surface area (Å²) in [5, 5.41) is 0. The summed E-state index contributed by atoms with van der Waals surface area (Å²) >= 11 is 0. The van der Waals surface area contributed by atoms with Crippen LogP contribution in [0, 0.1) is 35.0 Å². The van der Waals surface area contributed by atoms with E-state index in [0.717, 1.165) is 29.6 Å². The number of hydrogen-bond acceptors (Lipinski definition) is 0. The molecule has 78 valence electrons. The molecule has 0 spiro atoms. The zero-order valence-corrected chi connectivity index (χ0v) is 10.4. The molecule has 0 heteroatoms. The van der Waals surface area contributed by atoms with Gasteiger partial charge in [0.25, 0.3) is 0 Å². The lowest BCUT2D eigenvalue weighted by atomic mass is 9.71. The van der Waals surface area contributed by atoms with Crippen LogP contribution in [0.3, 0.4) is 0 Å². The van der Waals surface area contributed by atoms with Crippen LogP contribution >= 0.6 is 0 Å². The third kappa shape index (κ3) is 1.78. The van der Waals surface area contributed by atoms with E-state index in [1.165, 1.54) is 0 Å². The van der Waals surface area contributed by atoms with E-state index in [1.807, 2.05) is 0 Å². The molecule has 1 fully saturated rings. The van der Waals surface area contributed by atoms with Gasteiger partial charge in [0.2, 0.25) is 0 Å². The Morgan fingerprint density at radius 1 is 0.615 bits per heavy atom. The molecule has 0 amide bonds. The van der Waals surface area contributed by atoms with Gasteiger partial charge in [0.1, 0.15) is 0 Å². The fourth-order valence-corrected chi connectivity index (χ4v) is 3.67. The number of rotatable bonds is 0. The van der Waals surface area contributed by atoms with E-state index in [2.05, 4.69) is 48.5 Å². The van der Waals surface area contributed by atoms with E-state index in [1.54, 1.807) is 0 Å². The minimum atomic E-state index is 0.484. The van der Waals surface area contributed by atoms with Crippen molar-refractivity contribution < 1.29 is 0 Å². The van der Waals surface area contributed by atoms with Crippen LogP contribution in [0.5, 0.6) is 0 Å². The van der Waals surface area contributed by atoms with Gasteiger partial charge in [0.05, 0.1) is 0 Å². The molecule has 0 aromatic heterocycles. The Balaban J connectivity index is 2.88. The quantitative estimate of drug-likeness (QED) is 0.526. The van der Waals surface area contributed by atoms with Crippen LogP contribution in [0.25, 0.3) is 0 Å². The molecule has 1 aliphatic rings. The normalized spacial score (nSPS) is 46.8. The standard InChI is InChI=1S/C13H26/c1-8-9(2)11(4)12(10(8)3)13(5,6)7/h8-12H,1-7H3/t8?,9?,10-,11?,12?/m0/s1. The Bertz CT molecular complexity index is 161. The zero-order valence-electron chi connectivity index (χ0n) is 10.4. The molecule has 0 saturated heterocycles. The smallest absolute Gasteiger partial charge is 0.0309 e. The summed E-state index contributed by atoms with van der Waals surface area (Å²) in [7, 11) is 0. The van der Waals surface area contributed by atoms with Crippen molar-refractivity contribution in [3.05, 3.63) is 0 Å². The Labute approximate surface area is 84.1 Å². The topological polar surface area (TPSA) is 0 Å². The van der Waals surface area contributed by atoms with Crippen molar-refractivity contribution in [3.8, 4) is 0 Å². The summed E-state index contributed by atoms with van der Waals surface area (Å²) in [5.41, 5.74) is 0.484. The molecule has 4 unspecified atom stereocenters. The highest BCUT2D eigenvalue weighted by molar-refractivity contribution is 4.94. The molecule has 1 saturated carbocycles. The van der Waals surface area contributed by atoms with Gasteiger partial charge in [0.15, 0.2) is 0 Å². The molecule has 0 bridgehead atoms. The van der Waals surface area contributed by atoms with Crippen molar-refractivity contribution in [2.24, 2.45) is 35.0 Å². The molecule has 0 heterocycles. The van der Waals surface area contributed by atoms with Gasteiger partial charge < -0.3 is 0 Å². The monoisotopic (exact) mass is 182 g/mol. The van der Waals surface area contributed by atoms with Crippen molar-refractivity contribution in [3.63, 3.8) is 0 Å². The fraction of sp³-hybridized carbons (Fsp3) is 1.00. The predicted molar refractivity (Wildman–Crippen MR) is 59.6 cm³/mol. The number of hydrogen-bond donors (Lipinski definition) is 0. The minimum absolute atomic E-state index is 0.484.